The normalized spacial score (nSPS) is 10.8. The molecule has 2 N–H and O–H groups in total. The monoisotopic (exact) mass is 175 g/mol. The summed E-state index contributed by atoms with van der Waals surface area (Å²) >= 11 is 0. The van der Waals surface area contributed by atoms with Crippen LogP contribution in [0.3, 0.4) is 0 Å². The van der Waals surface area contributed by atoms with Crippen LogP contribution in [0.15, 0.2) is 12.7 Å². The Morgan fingerprint density at radius 1 is 1.45 bits per heavy atom. The van der Waals surface area contributed by atoms with Crippen LogP contribution in [-0.4, -0.2) is 15.0 Å². The number of hydrogen-bond donors (Lipinski definition) is 1. The van der Waals surface area contributed by atoms with Crippen LogP contribution in [0.1, 0.15) is 0 Å². The Morgan fingerprint density at radius 3 is 2.64 bits per heavy atom. The molecule has 1 rings (SSSR count). The molecule has 1 aromatic rings. The lowest BCUT2D eigenvalue weighted by molar-refractivity contribution is 0.291. The summed E-state index contributed by atoms with van der Waals surface area (Å²) < 4.78 is 18.8. The van der Waals surface area contributed by atoms with E-state index in [2.05, 4.69) is 30.0 Å². The zero-order valence-corrected chi connectivity index (χ0v) is 6.14. The van der Waals surface area contributed by atoms with Gasteiger partial charge in [0.2, 0.25) is 0 Å². The average molecular weight is 175 g/mol. The number of nitrogens with two attached hydrogens (primary N) is 1. The van der Waals surface area contributed by atoms with E-state index in [9.17, 15) is 4.57 Å². The van der Waals surface area contributed by atoms with Gasteiger partial charge in [0.05, 0.1) is 0 Å². The van der Waals surface area contributed by atoms with Crippen molar-refractivity contribution in [2.45, 2.75) is 0 Å². The van der Waals surface area contributed by atoms with Gasteiger partial charge in [-0.05, 0) is 4.62 Å². The van der Waals surface area contributed by atoms with E-state index >= 15 is 0 Å². The summed E-state index contributed by atoms with van der Waals surface area (Å²) in [6.07, 6.45) is 2.39. The Labute approximate surface area is 62.5 Å². The predicted octanol–water partition coefficient (Wildman–Crippen LogP) is -0.202. The summed E-state index contributed by atoms with van der Waals surface area (Å²) in [6, 6.07) is -0.0911. The zero-order valence-electron chi connectivity index (χ0n) is 5.25. The Bertz CT molecular complexity index is 242. The topological polar surface area (TPSA) is 100 Å². The Hall–Kier alpha value is -1.17. The molecule has 0 aliphatic rings. The molecule has 8 heteroatoms. The first kappa shape index (κ1) is 7.93. The van der Waals surface area contributed by atoms with Gasteiger partial charge in [0.1, 0.15) is 12.7 Å². The summed E-state index contributed by atoms with van der Waals surface area (Å²) in [4.78, 5) is 10.5. The van der Waals surface area contributed by atoms with Crippen molar-refractivity contribution in [3.63, 3.8) is 0 Å². The molecule has 0 aromatic carbocycles. The lowest BCUT2D eigenvalue weighted by atomic mass is 11.0. The van der Waals surface area contributed by atoms with E-state index in [-0.39, 0.29) is 6.01 Å². The summed E-state index contributed by atoms with van der Waals surface area (Å²) in [6.45, 7) is 0. The van der Waals surface area contributed by atoms with Crippen LogP contribution in [0.2, 0.25) is 0 Å². The van der Waals surface area contributed by atoms with E-state index in [4.69, 9.17) is 0 Å². The summed E-state index contributed by atoms with van der Waals surface area (Å²) in [7, 11) is -2.38. The number of rotatable bonds is 3. The molecule has 0 fully saturated rings. The third kappa shape index (κ3) is 2.50. The first-order chi connectivity index (χ1) is 5.33. The molecule has 0 saturated carbocycles. The van der Waals surface area contributed by atoms with Crippen molar-refractivity contribution in [3.05, 3.63) is 12.7 Å². The van der Waals surface area contributed by atoms with Crippen molar-refractivity contribution in [1.82, 2.24) is 15.0 Å². The van der Waals surface area contributed by atoms with E-state index < -0.39 is 8.25 Å². The van der Waals surface area contributed by atoms with Crippen LogP contribution < -0.4 is 10.4 Å². The molecule has 0 saturated heterocycles. The molecule has 0 aliphatic carbocycles. The van der Waals surface area contributed by atoms with Gasteiger partial charge in [-0.3, -0.25) is 0 Å². The van der Waals surface area contributed by atoms with Gasteiger partial charge in [0, 0.05) is 4.57 Å². The summed E-state index contributed by atoms with van der Waals surface area (Å²) in [5.74, 6) is 4.54. The van der Waals surface area contributed by atoms with Crippen LogP contribution in [0.4, 0.5) is 0 Å². The maximum atomic E-state index is 10.5. The van der Waals surface area contributed by atoms with Gasteiger partial charge < -0.3 is 0 Å². The number of nitrogens with zero attached hydrogens (tertiary/aromatic N) is 3. The van der Waals surface area contributed by atoms with Gasteiger partial charge in [-0.25, -0.2) is 4.98 Å². The summed E-state index contributed by atoms with van der Waals surface area (Å²) in [5, 5.41) is 0. The van der Waals surface area contributed by atoms with Crippen LogP contribution in [-0.2, 0) is 9.19 Å². The second kappa shape index (κ2) is 3.87. The molecule has 0 spiro atoms. The second-order valence-electron chi connectivity index (χ2n) is 1.34. The standard InChI is InChI=1S/C3H4N4O3P/c4-10-11(8)9-3-6-1-5-2-7-3/h1-2H,4H2/q+1. The van der Waals surface area contributed by atoms with Crippen molar-refractivity contribution in [1.29, 1.82) is 0 Å². The van der Waals surface area contributed by atoms with Gasteiger partial charge in [-0.15, -0.1) is 0 Å². The first-order valence-electron chi connectivity index (χ1n) is 2.47. The molecule has 1 unspecified atom stereocenters. The predicted molar refractivity (Wildman–Crippen MR) is 33.3 cm³/mol. The molecule has 0 aliphatic heterocycles. The number of hydrogen-bond acceptors (Lipinski definition) is 7. The highest BCUT2D eigenvalue weighted by Gasteiger charge is 2.21. The molecule has 11 heavy (non-hydrogen) atoms. The van der Waals surface area contributed by atoms with Gasteiger partial charge in [-0.1, -0.05) is 0 Å². The van der Waals surface area contributed by atoms with Crippen molar-refractivity contribution >= 4 is 8.25 Å². The molecule has 58 valence electrons. The number of aromatic nitrogens is 3. The minimum Gasteiger partial charge on any atom is -0.225 e. The van der Waals surface area contributed by atoms with Gasteiger partial charge in [-0.2, -0.15) is 20.4 Å². The minimum absolute atomic E-state index is 0.0911. The van der Waals surface area contributed by atoms with Crippen molar-refractivity contribution < 1.29 is 13.7 Å². The molecule has 1 heterocycles. The van der Waals surface area contributed by atoms with Gasteiger partial charge >= 0.3 is 14.3 Å². The largest absolute Gasteiger partial charge is 0.772 e. The zero-order chi connectivity index (χ0) is 8.10. The first-order valence-corrected chi connectivity index (χ1v) is 3.56. The lowest BCUT2D eigenvalue weighted by Crippen LogP contribution is -1.95. The molecule has 1 atom stereocenters. The maximum absolute atomic E-state index is 10.5. The highest BCUT2D eigenvalue weighted by Crippen LogP contribution is 2.20. The fraction of sp³-hybridized carbons (Fsp3) is 0. The average Bonchev–Trinajstić information content (AvgIpc) is 2.06. The van der Waals surface area contributed by atoms with Crippen LogP contribution in [0.25, 0.3) is 0 Å². The Morgan fingerprint density at radius 2 is 2.09 bits per heavy atom. The lowest BCUT2D eigenvalue weighted by Gasteiger charge is -1.84. The molecule has 1 aromatic heterocycles. The van der Waals surface area contributed by atoms with Crippen molar-refractivity contribution in [2.75, 3.05) is 0 Å². The SMILES string of the molecule is NO[P+](=O)Oc1ncncn1. The molecule has 7 nitrogen and oxygen atoms in total. The molecular formula is C3H4N4O3P+. The van der Waals surface area contributed by atoms with Crippen LogP contribution in [0, 0.1) is 0 Å². The van der Waals surface area contributed by atoms with Gasteiger partial charge in [0.15, 0.2) is 0 Å². The highest BCUT2D eigenvalue weighted by molar-refractivity contribution is 7.33. The summed E-state index contributed by atoms with van der Waals surface area (Å²) in [5.41, 5.74) is 0. The van der Waals surface area contributed by atoms with Crippen molar-refractivity contribution in [2.24, 2.45) is 5.90 Å². The van der Waals surface area contributed by atoms with Crippen molar-refractivity contribution in [3.8, 4) is 6.01 Å². The minimum atomic E-state index is -2.38. The van der Waals surface area contributed by atoms with Crippen LogP contribution >= 0.6 is 8.25 Å². The fourth-order valence-corrected chi connectivity index (χ4v) is 0.635. The Balaban J connectivity index is 2.58. The van der Waals surface area contributed by atoms with E-state index in [1.807, 2.05) is 0 Å². The third-order valence-electron chi connectivity index (χ3n) is 0.712. The maximum Gasteiger partial charge on any atom is 0.772 e. The van der Waals surface area contributed by atoms with E-state index in [1.165, 1.54) is 12.7 Å². The molecular weight excluding hydrogens is 171 g/mol. The van der Waals surface area contributed by atoms with E-state index in [1.54, 1.807) is 0 Å². The Kier molecular flexibility index (Phi) is 2.79. The molecule has 0 radical (unpaired) electrons. The second-order valence-corrected chi connectivity index (χ2v) is 2.18. The smallest absolute Gasteiger partial charge is 0.225 e. The quantitative estimate of drug-likeness (QED) is 0.501. The molecule has 0 bridgehead atoms. The van der Waals surface area contributed by atoms with E-state index in [0.29, 0.717) is 0 Å². The van der Waals surface area contributed by atoms with Gasteiger partial charge in [0.25, 0.3) is 0 Å². The van der Waals surface area contributed by atoms with E-state index in [0.717, 1.165) is 0 Å². The molecule has 0 amide bonds. The fourth-order valence-electron chi connectivity index (χ4n) is 0.364. The van der Waals surface area contributed by atoms with Crippen LogP contribution in [0.5, 0.6) is 6.01 Å². The highest BCUT2D eigenvalue weighted by atomic mass is 31.1. The third-order valence-corrected chi connectivity index (χ3v) is 1.20.